The average Bonchev–Trinajstić information content (AvgIpc) is 3.04. The smallest absolute Gasteiger partial charge is 0.246 e. The quantitative estimate of drug-likeness (QED) is 0.665. The van der Waals surface area contributed by atoms with Crippen molar-refractivity contribution >= 4 is 17.7 Å². The molecule has 3 amide bonds. The van der Waals surface area contributed by atoms with Gasteiger partial charge in [0.2, 0.25) is 17.7 Å². The molecular formula is C24H37N3O4. The van der Waals surface area contributed by atoms with Crippen molar-refractivity contribution in [3.8, 4) is 0 Å². The van der Waals surface area contributed by atoms with Crippen LogP contribution in [-0.4, -0.2) is 52.5 Å². The van der Waals surface area contributed by atoms with Crippen LogP contribution in [-0.2, 0) is 26.3 Å². The molecule has 1 aromatic rings. The van der Waals surface area contributed by atoms with Crippen LogP contribution >= 0.6 is 0 Å². The van der Waals surface area contributed by atoms with Gasteiger partial charge in [0, 0.05) is 26.4 Å². The highest BCUT2D eigenvalue weighted by Crippen LogP contribution is 2.27. The lowest BCUT2D eigenvalue weighted by atomic mass is 9.84. The van der Waals surface area contributed by atoms with Crippen molar-refractivity contribution in [3.05, 3.63) is 35.4 Å². The maximum atomic E-state index is 13.3. The first-order valence-electron chi connectivity index (χ1n) is 10.8. The highest BCUT2D eigenvalue weighted by Gasteiger charge is 2.44. The number of carbonyl (C=O) groups is 3. The van der Waals surface area contributed by atoms with Gasteiger partial charge in [0.1, 0.15) is 12.1 Å². The number of carbonyl (C=O) groups excluding carboxylic acids is 3. The van der Waals surface area contributed by atoms with Crippen molar-refractivity contribution in [2.45, 2.75) is 85.0 Å². The van der Waals surface area contributed by atoms with E-state index in [0.29, 0.717) is 6.54 Å². The van der Waals surface area contributed by atoms with E-state index in [4.69, 9.17) is 0 Å². The number of nitrogens with zero attached hydrogens (tertiary/aromatic N) is 1. The molecule has 0 aliphatic carbocycles. The number of hydrogen-bond acceptors (Lipinski definition) is 4. The summed E-state index contributed by atoms with van der Waals surface area (Å²) >= 11 is 0. The molecule has 1 aromatic carbocycles. The lowest BCUT2D eigenvalue weighted by molar-refractivity contribution is -0.143. The fourth-order valence-electron chi connectivity index (χ4n) is 4.03. The van der Waals surface area contributed by atoms with Gasteiger partial charge in [-0.15, -0.1) is 0 Å². The van der Waals surface area contributed by atoms with Crippen molar-refractivity contribution in [3.63, 3.8) is 0 Å². The number of benzene rings is 1. The Bertz CT molecular complexity index is 823. The number of rotatable bonds is 5. The molecule has 1 fully saturated rings. The largest absolute Gasteiger partial charge is 0.391 e. The number of nitrogens with one attached hydrogen (secondary N) is 2. The Balaban J connectivity index is 2.18. The van der Waals surface area contributed by atoms with Gasteiger partial charge in [-0.3, -0.25) is 14.4 Å². The van der Waals surface area contributed by atoms with Crippen LogP contribution in [0.2, 0.25) is 0 Å². The van der Waals surface area contributed by atoms with Crippen molar-refractivity contribution in [1.82, 2.24) is 15.5 Å². The Labute approximate surface area is 185 Å². The molecule has 7 nitrogen and oxygen atoms in total. The van der Waals surface area contributed by atoms with Gasteiger partial charge in [-0.25, -0.2) is 0 Å². The normalized spacial score (nSPS) is 20.3. The predicted octanol–water partition coefficient (Wildman–Crippen LogP) is 2.11. The molecule has 172 valence electrons. The summed E-state index contributed by atoms with van der Waals surface area (Å²) in [5, 5.41) is 15.9. The number of likely N-dealkylation sites (tertiary alicyclic amines) is 1. The van der Waals surface area contributed by atoms with Gasteiger partial charge in [-0.2, -0.15) is 0 Å². The highest BCUT2D eigenvalue weighted by molar-refractivity contribution is 5.92. The zero-order valence-electron chi connectivity index (χ0n) is 19.8. The van der Waals surface area contributed by atoms with E-state index in [2.05, 4.69) is 37.5 Å². The molecule has 0 bridgehead atoms. The molecule has 0 spiro atoms. The number of β-amino-alcohol motifs (C(OH)–C–C–N with tert-alkyl or cyclic N) is 1. The van der Waals surface area contributed by atoms with Crippen LogP contribution in [0.15, 0.2) is 24.3 Å². The second kappa shape index (κ2) is 9.39. The van der Waals surface area contributed by atoms with Crippen molar-refractivity contribution in [2.75, 3.05) is 6.54 Å². The first-order chi connectivity index (χ1) is 14.2. The molecule has 1 aliphatic rings. The number of aliphatic hydroxyl groups is 1. The third-order valence-corrected chi connectivity index (χ3v) is 5.60. The summed E-state index contributed by atoms with van der Waals surface area (Å²) in [6.45, 7) is 13.7. The van der Waals surface area contributed by atoms with E-state index in [1.807, 2.05) is 39.0 Å². The van der Waals surface area contributed by atoms with Gasteiger partial charge in [-0.05, 0) is 22.0 Å². The molecule has 7 heteroatoms. The molecule has 2 rings (SSSR count). The summed E-state index contributed by atoms with van der Waals surface area (Å²) in [4.78, 5) is 39.4. The van der Waals surface area contributed by atoms with Gasteiger partial charge in [-0.1, -0.05) is 65.8 Å². The van der Waals surface area contributed by atoms with Crippen LogP contribution < -0.4 is 10.6 Å². The minimum absolute atomic E-state index is 0.0643. The molecule has 31 heavy (non-hydrogen) atoms. The summed E-state index contributed by atoms with van der Waals surface area (Å²) < 4.78 is 0. The van der Waals surface area contributed by atoms with Crippen molar-refractivity contribution in [2.24, 2.45) is 5.41 Å². The molecule has 0 saturated carbocycles. The molecule has 3 N–H and O–H groups in total. The number of amides is 3. The Morgan fingerprint density at radius 1 is 1.13 bits per heavy atom. The SMILES string of the molecule is CC(=O)NC(C(=O)N1CC(O)CC1C(=O)NCc1ccccc1C(C)(C)C)C(C)(C)C. The maximum Gasteiger partial charge on any atom is 0.246 e. The van der Waals surface area contributed by atoms with Crippen LogP contribution in [0.3, 0.4) is 0 Å². The van der Waals surface area contributed by atoms with Crippen LogP contribution in [0, 0.1) is 5.41 Å². The summed E-state index contributed by atoms with van der Waals surface area (Å²) in [5.41, 5.74) is 1.56. The zero-order valence-corrected chi connectivity index (χ0v) is 19.8. The standard InChI is InChI=1S/C24H37N3O4/c1-15(28)26-20(24(5,6)7)22(31)27-14-17(29)12-19(27)21(30)25-13-16-10-8-9-11-18(16)23(2,3)4/h8-11,17,19-20,29H,12-14H2,1-7H3,(H,25,30)(H,26,28). The Morgan fingerprint density at radius 3 is 2.29 bits per heavy atom. The molecular weight excluding hydrogens is 394 g/mol. The summed E-state index contributed by atoms with van der Waals surface area (Å²) in [6.07, 6.45) is -0.602. The van der Waals surface area contributed by atoms with E-state index in [-0.39, 0.29) is 36.1 Å². The molecule has 1 heterocycles. The number of aliphatic hydroxyl groups excluding tert-OH is 1. The van der Waals surface area contributed by atoms with E-state index >= 15 is 0 Å². The third-order valence-electron chi connectivity index (χ3n) is 5.60. The van der Waals surface area contributed by atoms with Crippen LogP contribution in [0.1, 0.15) is 66.0 Å². The van der Waals surface area contributed by atoms with Gasteiger partial charge < -0.3 is 20.6 Å². The average molecular weight is 432 g/mol. The second-order valence-corrected chi connectivity index (χ2v) is 10.5. The summed E-state index contributed by atoms with van der Waals surface area (Å²) in [5.74, 6) is -0.966. The van der Waals surface area contributed by atoms with Gasteiger partial charge in [0.25, 0.3) is 0 Å². The minimum atomic E-state index is -0.785. The van der Waals surface area contributed by atoms with Crippen molar-refractivity contribution in [1.29, 1.82) is 0 Å². The van der Waals surface area contributed by atoms with Crippen LogP contribution in [0.5, 0.6) is 0 Å². The van der Waals surface area contributed by atoms with E-state index in [9.17, 15) is 19.5 Å². The van der Waals surface area contributed by atoms with E-state index in [1.165, 1.54) is 11.8 Å². The molecule has 1 saturated heterocycles. The third kappa shape index (κ3) is 6.29. The van der Waals surface area contributed by atoms with Gasteiger partial charge in [0.05, 0.1) is 6.10 Å². The first-order valence-corrected chi connectivity index (χ1v) is 10.8. The topological polar surface area (TPSA) is 98.7 Å². The summed E-state index contributed by atoms with van der Waals surface area (Å²) in [6, 6.07) is 6.40. The molecule has 1 aliphatic heterocycles. The van der Waals surface area contributed by atoms with E-state index in [1.54, 1.807) is 0 Å². The Morgan fingerprint density at radius 2 is 1.74 bits per heavy atom. The van der Waals surface area contributed by atoms with Gasteiger partial charge >= 0.3 is 0 Å². The minimum Gasteiger partial charge on any atom is -0.391 e. The monoisotopic (exact) mass is 431 g/mol. The van der Waals surface area contributed by atoms with Crippen molar-refractivity contribution < 1.29 is 19.5 Å². The van der Waals surface area contributed by atoms with E-state index in [0.717, 1.165) is 11.1 Å². The summed E-state index contributed by atoms with van der Waals surface area (Å²) in [7, 11) is 0. The number of hydrogen-bond donors (Lipinski definition) is 3. The molecule has 3 unspecified atom stereocenters. The predicted molar refractivity (Wildman–Crippen MR) is 120 cm³/mol. The van der Waals surface area contributed by atoms with Crippen LogP contribution in [0.4, 0.5) is 0 Å². The first kappa shape index (κ1) is 24.9. The Hall–Kier alpha value is -2.41. The molecule has 3 atom stereocenters. The maximum absolute atomic E-state index is 13.3. The fraction of sp³-hybridized carbons (Fsp3) is 0.625. The highest BCUT2D eigenvalue weighted by atomic mass is 16.3. The molecule has 0 radical (unpaired) electrons. The van der Waals surface area contributed by atoms with Gasteiger partial charge in [0.15, 0.2) is 0 Å². The van der Waals surface area contributed by atoms with Crippen LogP contribution in [0.25, 0.3) is 0 Å². The lowest BCUT2D eigenvalue weighted by Crippen LogP contribution is -2.57. The zero-order chi connectivity index (χ0) is 23.6. The molecule has 0 aromatic heterocycles. The van der Waals surface area contributed by atoms with E-state index < -0.39 is 23.6 Å². The Kier molecular flexibility index (Phi) is 7.53. The second-order valence-electron chi connectivity index (χ2n) is 10.5. The fourth-order valence-corrected chi connectivity index (χ4v) is 4.03. The lowest BCUT2D eigenvalue weighted by Gasteiger charge is -2.35.